The summed E-state index contributed by atoms with van der Waals surface area (Å²) < 4.78 is 10.6. The summed E-state index contributed by atoms with van der Waals surface area (Å²) >= 11 is 0. The van der Waals surface area contributed by atoms with Crippen molar-refractivity contribution in [1.82, 2.24) is 4.90 Å². The van der Waals surface area contributed by atoms with E-state index in [4.69, 9.17) is 9.47 Å². The molecule has 1 aromatic rings. The zero-order chi connectivity index (χ0) is 20.2. The number of benzene rings is 1. The third-order valence-corrected chi connectivity index (χ3v) is 4.51. The number of nitrogens with zero attached hydrogens (tertiary/aromatic N) is 1. The molecule has 2 rings (SSSR count). The number of carbonyl (C=O) groups is 3. The van der Waals surface area contributed by atoms with E-state index in [0.29, 0.717) is 31.5 Å². The highest BCUT2D eigenvalue weighted by molar-refractivity contribution is 5.99. The summed E-state index contributed by atoms with van der Waals surface area (Å²) in [4.78, 5) is 38.2. The molecule has 1 fully saturated rings. The first-order valence-corrected chi connectivity index (χ1v) is 9.32. The van der Waals surface area contributed by atoms with Gasteiger partial charge in [0.25, 0.3) is 0 Å². The number of esters is 1. The van der Waals surface area contributed by atoms with Gasteiger partial charge in [0.05, 0.1) is 5.92 Å². The van der Waals surface area contributed by atoms with E-state index in [1.807, 2.05) is 46.8 Å². The molecule has 1 aromatic carbocycles. The number of hydrogen-bond donors (Lipinski definition) is 0. The number of rotatable bonds is 4. The molecule has 0 unspecified atom stereocenters. The number of carbonyl (C=O) groups excluding carboxylic acids is 3. The normalized spacial score (nSPS) is 15.4. The van der Waals surface area contributed by atoms with Gasteiger partial charge in [-0.1, -0.05) is 23.8 Å². The van der Waals surface area contributed by atoms with Crippen LogP contribution in [0.1, 0.15) is 55.1 Å². The predicted octanol–water partition coefficient (Wildman–Crippen LogP) is 3.68. The summed E-state index contributed by atoms with van der Waals surface area (Å²) in [5.74, 6) is -0.875. The van der Waals surface area contributed by atoms with Crippen molar-refractivity contribution in [2.45, 2.75) is 53.1 Å². The molecule has 0 N–H and O–H groups in total. The van der Waals surface area contributed by atoms with Crippen LogP contribution < -0.4 is 0 Å². The van der Waals surface area contributed by atoms with Crippen LogP contribution in [0.5, 0.6) is 0 Å². The lowest BCUT2D eigenvalue weighted by atomic mass is 9.97. The van der Waals surface area contributed by atoms with Crippen LogP contribution in [0.15, 0.2) is 18.2 Å². The van der Waals surface area contributed by atoms with Gasteiger partial charge in [-0.15, -0.1) is 0 Å². The predicted molar refractivity (Wildman–Crippen MR) is 102 cm³/mol. The van der Waals surface area contributed by atoms with Crippen LogP contribution in [0.4, 0.5) is 4.79 Å². The van der Waals surface area contributed by atoms with Gasteiger partial charge in [0.1, 0.15) is 5.60 Å². The number of hydrogen-bond acceptors (Lipinski definition) is 5. The van der Waals surface area contributed by atoms with Crippen molar-refractivity contribution >= 4 is 17.8 Å². The molecule has 0 aromatic heterocycles. The van der Waals surface area contributed by atoms with Crippen LogP contribution in [0.3, 0.4) is 0 Å². The van der Waals surface area contributed by atoms with Crippen molar-refractivity contribution in [2.24, 2.45) is 5.92 Å². The topological polar surface area (TPSA) is 72.9 Å². The van der Waals surface area contributed by atoms with Gasteiger partial charge in [0.15, 0.2) is 6.61 Å². The van der Waals surface area contributed by atoms with Gasteiger partial charge in [-0.3, -0.25) is 9.59 Å². The Morgan fingerprint density at radius 1 is 1.11 bits per heavy atom. The van der Waals surface area contributed by atoms with E-state index in [9.17, 15) is 14.4 Å². The Hall–Kier alpha value is -2.37. The molecule has 0 bridgehead atoms. The van der Waals surface area contributed by atoms with Crippen molar-refractivity contribution in [3.05, 3.63) is 34.9 Å². The summed E-state index contributed by atoms with van der Waals surface area (Å²) in [6, 6.07) is 5.57. The molecule has 1 aliphatic heterocycles. The maximum Gasteiger partial charge on any atom is 0.410 e. The third kappa shape index (κ3) is 6.08. The lowest BCUT2D eigenvalue weighted by molar-refractivity contribution is -0.149. The second-order valence-corrected chi connectivity index (χ2v) is 8.09. The number of likely N-dealkylation sites (tertiary alicyclic amines) is 1. The molecule has 1 amide bonds. The van der Waals surface area contributed by atoms with Crippen molar-refractivity contribution in [3.63, 3.8) is 0 Å². The molecule has 1 aliphatic rings. The molecule has 6 heteroatoms. The monoisotopic (exact) mass is 375 g/mol. The number of ether oxygens (including phenoxy) is 2. The number of Topliss-reactive ketones (excluding diaryl/α,β-unsaturated/α-hetero) is 1. The van der Waals surface area contributed by atoms with E-state index in [1.54, 1.807) is 11.0 Å². The van der Waals surface area contributed by atoms with Gasteiger partial charge >= 0.3 is 12.1 Å². The summed E-state index contributed by atoms with van der Waals surface area (Å²) in [6.45, 7) is 9.93. The van der Waals surface area contributed by atoms with Crippen LogP contribution in [-0.4, -0.2) is 48.0 Å². The molecule has 1 heterocycles. The molecule has 148 valence electrons. The van der Waals surface area contributed by atoms with Gasteiger partial charge < -0.3 is 14.4 Å². The van der Waals surface area contributed by atoms with Gasteiger partial charge in [-0.25, -0.2) is 4.79 Å². The van der Waals surface area contributed by atoms with E-state index >= 15 is 0 Å². The molecule has 0 saturated carbocycles. The Balaban J connectivity index is 1.81. The highest BCUT2D eigenvalue weighted by Crippen LogP contribution is 2.21. The molecule has 1 saturated heterocycles. The molecule has 0 spiro atoms. The van der Waals surface area contributed by atoms with E-state index < -0.39 is 5.60 Å². The number of amides is 1. The Bertz CT molecular complexity index is 712. The Labute approximate surface area is 160 Å². The van der Waals surface area contributed by atoms with Crippen molar-refractivity contribution < 1.29 is 23.9 Å². The van der Waals surface area contributed by atoms with E-state index in [2.05, 4.69) is 0 Å². The minimum atomic E-state index is -0.540. The maximum absolute atomic E-state index is 12.3. The number of aryl methyl sites for hydroxylation is 2. The number of piperidine rings is 1. The maximum atomic E-state index is 12.3. The molecule has 0 radical (unpaired) electrons. The van der Waals surface area contributed by atoms with Gasteiger partial charge in [-0.2, -0.15) is 0 Å². The molecular weight excluding hydrogens is 346 g/mol. The van der Waals surface area contributed by atoms with E-state index in [-0.39, 0.29) is 30.4 Å². The average molecular weight is 375 g/mol. The summed E-state index contributed by atoms with van der Waals surface area (Å²) in [5, 5.41) is 0. The van der Waals surface area contributed by atoms with Crippen LogP contribution in [0, 0.1) is 19.8 Å². The zero-order valence-electron chi connectivity index (χ0n) is 16.8. The third-order valence-electron chi connectivity index (χ3n) is 4.51. The van der Waals surface area contributed by atoms with Gasteiger partial charge in [-0.05, 0) is 53.0 Å². The van der Waals surface area contributed by atoms with Gasteiger partial charge in [0, 0.05) is 18.7 Å². The fourth-order valence-electron chi connectivity index (χ4n) is 3.08. The Morgan fingerprint density at radius 2 is 1.74 bits per heavy atom. The summed E-state index contributed by atoms with van der Waals surface area (Å²) in [6.07, 6.45) is 0.658. The highest BCUT2D eigenvalue weighted by Gasteiger charge is 2.31. The fraction of sp³-hybridized carbons (Fsp3) is 0.571. The first kappa shape index (κ1) is 20.9. The number of ketones is 1. The molecule has 0 aliphatic carbocycles. The first-order valence-electron chi connectivity index (χ1n) is 9.32. The van der Waals surface area contributed by atoms with Crippen molar-refractivity contribution in [2.75, 3.05) is 19.7 Å². The molecule has 0 atom stereocenters. The Kier molecular flexibility index (Phi) is 6.63. The summed E-state index contributed by atoms with van der Waals surface area (Å²) in [5.41, 5.74) is 1.99. The SMILES string of the molecule is Cc1ccc(C(=O)COC(=O)C2CCN(C(=O)OC(C)(C)C)CC2)c(C)c1. The highest BCUT2D eigenvalue weighted by atomic mass is 16.6. The first-order chi connectivity index (χ1) is 12.6. The van der Waals surface area contributed by atoms with Crippen molar-refractivity contribution in [1.29, 1.82) is 0 Å². The standard InChI is InChI=1S/C21H29NO5/c1-14-6-7-17(15(2)12-14)18(23)13-26-19(24)16-8-10-22(11-9-16)20(25)27-21(3,4)5/h6-7,12,16H,8-11,13H2,1-5H3. The molecule has 6 nitrogen and oxygen atoms in total. The minimum absolute atomic E-state index is 0.202. The van der Waals surface area contributed by atoms with E-state index in [0.717, 1.165) is 11.1 Å². The van der Waals surface area contributed by atoms with Crippen molar-refractivity contribution in [3.8, 4) is 0 Å². The lowest BCUT2D eigenvalue weighted by Crippen LogP contribution is -2.43. The zero-order valence-corrected chi connectivity index (χ0v) is 16.8. The fourth-order valence-corrected chi connectivity index (χ4v) is 3.08. The smallest absolute Gasteiger partial charge is 0.410 e. The lowest BCUT2D eigenvalue weighted by Gasteiger charge is -2.32. The molecular formula is C21H29NO5. The quantitative estimate of drug-likeness (QED) is 0.593. The second kappa shape index (κ2) is 8.55. The van der Waals surface area contributed by atoms with Crippen LogP contribution in [0.25, 0.3) is 0 Å². The largest absolute Gasteiger partial charge is 0.457 e. The minimum Gasteiger partial charge on any atom is -0.457 e. The average Bonchev–Trinajstić information content (AvgIpc) is 2.58. The van der Waals surface area contributed by atoms with Crippen LogP contribution in [0.2, 0.25) is 0 Å². The van der Waals surface area contributed by atoms with Gasteiger partial charge in [0.2, 0.25) is 5.78 Å². The van der Waals surface area contributed by atoms with Crippen LogP contribution in [-0.2, 0) is 14.3 Å². The molecule has 27 heavy (non-hydrogen) atoms. The van der Waals surface area contributed by atoms with Crippen LogP contribution >= 0.6 is 0 Å². The Morgan fingerprint density at radius 3 is 2.30 bits per heavy atom. The summed E-state index contributed by atoms with van der Waals surface area (Å²) in [7, 11) is 0. The van der Waals surface area contributed by atoms with E-state index in [1.165, 1.54) is 0 Å². The second-order valence-electron chi connectivity index (χ2n) is 8.09.